The fourth-order valence-corrected chi connectivity index (χ4v) is 2.25. The molecule has 2 N–H and O–H groups in total. The molecule has 0 saturated carbocycles. The molecule has 0 aromatic heterocycles. The van der Waals surface area contributed by atoms with E-state index < -0.39 is 35.9 Å². The fourth-order valence-electron chi connectivity index (χ4n) is 2.25. The Hall–Kier alpha value is -3.95. The number of ether oxygens (including phenoxy) is 2. The van der Waals surface area contributed by atoms with Crippen LogP contribution in [0.4, 0.5) is 11.4 Å². The average Bonchev–Trinajstić information content (AvgIpc) is 2.72. The first-order valence-corrected chi connectivity index (χ1v) is 8.60. The van der Waals surface area contributed by atoms with E-state index >= 15 is 0 Å². The third-order valence-corrected chi connectivity index (χ3v) is 3.54. The number of nitro groups is 1. The number of amides is 2. The Morgan fingerprint density at radius 2 is 1.86 bits per heavy atom. The smallest absolute Gasteiger partial charge is 0.325 e. The van der Waals surface area contributed by atoms with Crippen molar-refractivity contribution in [2.45, 2.75) is 6.92 Å². The maximum absolute atomic E-state index is 12.0. The molecule has 0 fully saturated rings. The summed E-state index contributed by atoms with van der Waals surface area (Å²) in [7, 11) is 0. The summed E-state index contributed by atoms with van der Waals surface area (Å²) < 4.78 is 10.2. The second-order valence-electron chi connectivity index (χ2n) is 5.63. The molecule has 2 aromatic carbocycles. The van der Waals surface area contributed by atoms with Gasteiger partial charge in [-0.25, -0.2) is 0 Å². The highest BCUT2D eigenvalue weighted by atomic mass is 16.6. The zero-order valence-electron chi connectivity index (χ0n) is 15.5. The lowest BCUT2D eigenvalue weighted by Gasteiger charge is -2.11. The minimum absolute atomic E-state index is 0.0253. The van der Waals surface area contributed by atoms with Gasteiger partial charge in [-0.2, -0.15) is 0 Å². The molecule has 0 aliphatic rings. The zero-order chi connectivity index (χ0) is 21.2. The number of carbonyl (C=O) groups excluding carboxylic acids is 3. The van der Waals surface area contributed by atoms with Crippen molar-refractivity contribution in [3.8, 4) is 5.75 Å². The number of non-ortho nitro benzene ring substituents is 1. The van der Waals surface area contributed by atoms with E-state index in [1.165, 1.54) is 18.2 Å². The molecular weight excluding hydrogens is 382 g/mol. The number of benzene rings is 2. The Morgan fingerprint density at radius 3 is 2.59 bits per heavy atom. The van der Waals surface area contributed by atoms with Gasteiger partial charge >= 0.3 is 5.97 Å². The van der Waals surface area contributed by atoms with Gasteiger partial charge in [0.1, 0.15) is 12.3 Å². The number of hydrogen-bond donors (Lipinski definition) is 2. The number of para-hydroxylation sites is 2. The lowest BCUT2D eigenvalue weighted by molar-refractivity contribution is -0.384. The van der Waals surface area contributed by atoms with Crippen molar-refractivity contribution in [2.75, 3.05) is 25.1 Å². The lowest BCUT2D eigenvalue weighted by atomic mass is 10.2. The Kier molecular flexibility index (Phi) is 7.66. The van der Waals surface area contributed by atoms with Crippen molar-refractivity contribution in [3.05, 3.63) is 64.2 Å². The standard InChI is InChI=1S/C19H19N3O7/c1-2-28-16-9-4-3-8-15(16)21-17(23)12-29-18(24)11-20-19(25)13-6-5-7-14(10-13)22(26)27/h3-10H,2,11-12H2,1H3,(H,20,25)(H,21,23). The topological polar surface area (TPSA) is 137 Å². The van der Waals surface area contributed by atoms with Crippen molar-refractivity contribution >= 4 is 29.2 Å². The number of anilines is 1. The first-order valence-electron chi connectivity index (χ1n) is 8.60. The summed E-state index contributed by atoms with van der Waals surface area (Å²) in [6.45, 7) is 1.19. The highest BCUT2D eigenvalue weighted by Gasteiger charge is 2.14. The van der Waals surface area contributed by atoms with E-state index in [2.05, 4.69) is 10.6 Å². The van der Waals surface area contributed by atoms with Crippen LogP contribution in [0.15, 0.2) is 48.5 Å². The number of nitrogens with zero attached hydrogens (tertiary/aromatic N) is 1. The molecule has 0 aliphatic carbocycles. The van der Waals surface area contributed by atoms with Gasteiger partial charge in [-0.3, -0.25) is 24.5 Å². The summed E-state index contributed by atoms with van der Waals surface area (Å²) in [6, 6.07) is 11.9. The molecule has 0 bridgehead atoms. The quantitative estimate of drug-likeness (QED) is 0.372. The summed E-state index contributed by atoms with van der Waals surface area (Å²) in [5.74, 6) is -1.60. The Balaban J connectivity index is 1.80. The summed E-state index contributed by atoms with van der Waals surface area (Å²) in [5, 5.41) is 15.6. The molecule has 29 heavy (non-hydrogen) atoms. The molecule has 10 heteroatoms. The van der Waals surface area contributed by atoms with Gasteiger partial charge in [-0.1, -0.05) is 18.2 Å². The molecule has 0 radical (unpaired) electrons. The number of nitro benzene ring substituents is 1. The van der Waals surface area contributed by atoms with Crippen molar-refractivity contribution in [3.63, 3.8) is 0 Å². The summed E-state index contributed by atoms with van der Waals surface area (Å²) in [5.41, 5.74) is 0.218. The minimum Gasteiger partial charge on any atom is -0.492 e. The summed E-state index contributed by atoms with van der Waals surface area (Å²) >= 11 is 0. The molecule has 10 nitrogen and oxygen atoms in total. The molecule has 2 aromatic rings. The second kappa shape index (κ2) is 10.4. The molecule has 0 heterocycles. The first-order chi connectivity index (χ1) is 13.9. The van der Waals surface area contributed by atoms with Crippen molar-refractivity contribution in [1.29, 1.82) is 0 Å². The number of esters is 1. The van der Waals surface area contributed by atoms with Crippen LogP contribution < -0.4 is 15.4 Å². The maximum Gasteiger partial charge on any atom is 0.325 e. The zero-order valence-corrected chi connectivity index (χ0v) is 15.5. The van der Waals surface area contributed by atoms with Crippen molar-refractivity contribution < 1.29 is 28.8 Å². The highest BCUT2D eigenvalue weighted by molar-refractivity contribution is 5.97. The molecular formula is C19H19N3O7. The van der Waals surface area contributed by atoms with E-state index in [1.54, 1.807) is 24.3 Å². The van der Waals surface area contributed by atoms with Crippen LogP contribution >= 0.6 is 0 Å². The molecule has 0 saturated heterocycles. The van der Waals surface area contributed by atoms with Crippen LogP contribution in [0.3, 0.4) is 0 Å². The van der Waals surface area contributed by atoms with E-state index in [-0.39, 0.29) is 11.3 Å². The third kappa shape index (κ3) is 6.61. The number of hydrogen-bond acceptors (Lipinski definition) is 7. The lowest BCUT2D eigenvalue weighted by Crippen LogP contribution is -2.32. The van der Waals surface area contributed by atoms with Gasteiger partial charge in [0.05, 0.1) is 17.2 Å². The van der Waals surface area contributed by atoms with Gasteiger partial charge in [-0.05, 0) is 25.1 Å². The van der Waals surface area contributed by atoms with E-state index in [9.17, 15) is 24.5 Å². The average molecular weight is 401 g/mol. The van der Waals surface area contributed by atoms with Gasteiger partial charge in [0.2, 0.25) is 0 Å². The SMILES string of the molecule is CCOc1ccccc1NC(=O)COC(=O)CNC(=O)c1cccc([N+](=O)[O-])c1. The van der Waals surface area contributed by atoms with E-state index in [0.29, 0.717) is 18.0 Å². The third-order valence-electron chi connectivity index (χ3n) is 3.54. The molecule has 0 aliphatic heterocycles. The maximum atomic E-state index is 12.0. The predicted octanol–water partition coefficient (Wildman–Crippen LogP) is 1.91. The van der Waals surface area contributed by atoms with Crippen LogP contribution in [0.2, 0.25) is 0 Å². The minimum atomic E-state index is -0.836. The van der Waals surface area contributed by atoms with Gasteiger partial charge in [-0.15, -0.1) is 0 Å². The van der Waals surface area contributed by atoms with Crippen LogP contribution in [-0.2, 0) is 14.3 Å². The second-order valence-corrected chi connectivity index (χ2v) is 5.63. The number of carbonyl (C=O) groups is 3. The van der Waals surface area contributed by atoms with E-state index in [0.717, 1.165) is 6.07 Å². The summed E-state index contributed by atoms with van der Waals surface area (Å²) in [4.78, 5) is 45.7. The van der Waals surface area contributed by atoms with Crippen molar-refractivity contribution in [2.24, 2.45) is 0 Å². The van der Waals surface area contributed by atoms with E-state index in [1.807, 2.05) is 6.92 Å². The van der Waals surface area contributed by atoms with Gasteiger partial charge in [0, 0.05) is 17.7 Å². The van der Waals surface area contributed by atoms with Crippen LogP contribution in [0.25, 0.3) is 0 Å². The number of nitrogens with one attached hydrogen (secondary N) is 2. The van der Waals surface area contributed by atoms with Crippen molar-refractivity contribution in [1.82, 2.24) is 5.32 Å². The van der Waals surface area contributed by atoms with Crippen LogP contribution in [0, 0.1) is 10.1 Å². The van der Waals surface area contributed by atoms with Crippen LogP contribution in [0.1, 0.15) is 17.3 Å². The molecule has 0 unspecified atom stereocenters. The molecule has 2 amide bonds. The fraction of sp³-hybridized carbons (Fsp3) is 0.211. The van der Waals surface area contributed by atoms with Gasteiger partial charge < -0.3 is 20.1 Å². The summed E-state index contributed by atoms with van der Waals surface area (Å²) in [6.07, 6.45) is 0. The molecule has 2 rings (SSSR count). The monoisotopic (exact) mass is 401 g/mol. The largest absolute Gasteiger partial charge is 0.492 e. The Bertz CT molecular complexity index is 914. The van der Waals surface area contributed by atoms with Crippen LogP contribution in [-0.4, -0.2) is 42.5 Å². The normalized spacial score (nSPS) is 9.97. The Labute approximate surface area is 166 Å². The molecule has 0 spiro atoms. The predicted molar refractivity (Wildman–Crippen MR) is 103 cm³/mol. The van der Waals surface area contributed by atoms with E-state index in [4.69, 9.17) is 9.47 Å². The highest BCUT2D eigenvalue weighted by Crippen LogP contribution is 2.23. The first kappa shape index (κ1) is 21.4. The number of rotatable bonds is 9. The molecule has 152 valence electrons. The van der Waals surface area contributed by atoms with Crippen LogP contribution in [0.5, 0.6) is 5.75 Å². The van der Waals surface area contributed by atoms with Gasteiger partial charge in [0.15, 0.2) is 6.61 Å². The van der Waals surface area contributed by atoms with Gasteiger partial charge in [0.25, 0.3) is 17.5 Å². The Morgan fingerprint density at radius 1 is 1.10 bits per heavy atom. The molecule has 0 atom stereocenters.